The van der Waals surface area contributed by atoms with Gasteiger partial charge in [-0.15, -0.1) is 6.58 Å². The van der Waals surface area contributed by atoms with Crippen LogP contribution < -0.4 is 0 Å². The average Bonchev–Trinajstić information content (AvgIpc) is 2.69. The maximum atomic E-state index is 11.6. The highest BCUT2D eigenvalue weighted by atomic mass is 16.7. The van der Waals surface area contributed by atoms with Crippen LogP contribution in [0.2, 0.25) is 0 Å². The normalized spacial score (nSPS) is 33.5. The molecule has 0 amide bonds. The molecule has 1 unspecified atom stereocenters. The molecule has 1 saturated carbocycles. The first-order chi connectivity index (χ1) is 7.79. The van der Waals surface area contributed by atoms with Crippen LogP contribution in [0.5, 0.6) is 0 Å². The van der Waals surface area contributed by atoms with Gasteiger partial charge >= 0.3 is 0 Å². The number of allylic oxidation sites excluding steroid dienone is 1. The lowest BCUT2D eigenvalue weighted by Crippen LogP contribution is -2.49. The monoisotopic (exact) mass is 224 g/mol. The predicted molar refractivity (Wildman–Crippen MR) is 61.0 cm³/mol. The molecular weight excluding hydrogens is 204 g/mol. The maximum Gasteiger partial charge on any atom is 0.180 e. The second-order valence-corrected chi connectivity index (χ2v) is 4.78. The van der Waals surface area contributed by atoms with Gasteiger partial charge in [0.05, 0.1) is 18.6 Å². The molecule has 1 saturated heterocycles. The lowest BCUT2D eigenvalue weighted by molar-refractivity contribution is -0.230. The quantitative estimate of drug-likeness (QED) is 0.545. The van der Waals surface area contributed by atoms with E-state index >= 15 is 0 Å². The molecule has 16 heavy (non-hydrogen) atoms. The first-order valence-electron chi connectivity index (χ1n) is 6.14. The third kappa shape index (κ3) is 1.72. The number of hydrogen-bond donors (Lipinski definition) is 0. The molecule has 3 nitrogen and oxygen atoms in total. The Morgan fingerprint density at radius 2 is 1.81 bits per heavy atom. The zero-order valence-corrected chi connectivity index (χ0v) is 9.74. The van der Waals surface area contributed by atoms with Crippen molar-refractivity contribution in [3.63, 3.8) is 0 Å². The van der Waals surface area contributed by atoms with Crippen LogP contribution in [0.25, 0.3) is 0 Å². The van der Waals surface area contributed by atoms with E-state index in [2.05, 4.69) is 6.58 Å². The Kier molecular flexibility index (Phi) is 3.45. The van der Waals surface area contributed by atoms with Gasteiger partial charge in [0.1, 0.15) is 6.29 Å². The van der Waals surface area contributed by atoms with Crippen LogP contribution in [0.4, 0.5) is 0 Å². The molecule has 0 N–H and O–H groups in total. The van der Waals surface area contributed by atoms with Crippen LogP contribution >= 0.6 is 0 Å². The van der Waals surface area contributed by atoms with Gasteiger partial charge in [-0.25, -0.2) is 0 Å². The van der Waals surface area contributed by atoms with E-state index in [4.69, 9.17) is 9.47 Å². The highest BCUT2D eigenvalue weighted by Gasteiger charge is 2.55. The molecule has 2 aliphatic rings. The first-order valence-corrected chi connectivity index (χ1v) is 6.14. The summed E-state index contributed by atoms with van der Waals surface area (Å²) in [6.45, 7) is 4.97. The Balaban J connectivity index is 2.33. The molecule has 2 fully saturated rings. The molecule has 2 rings (SSSR count). The van der Waals surface area contributed by atoms with Gasteiger partial charge in [0, 0.05) is 6.42 Å². The second kappa shape index (κ2) is 4.68. The summed E-state index contributed by atoms with van der Waals surface area (Å²) < 4.78 is 11.6. The Morgan fingerprint density at radius 1 is 1.12 bits per heavy atom. The predicted octanol–water partition coefficient (Wildman–Crippen LogP) is 2.46. The number of ether oxygens (including phenoxy) is 2. The Morgan fingerprint density at radius 3 is 2.44 bits per heavy atom. The van der Waals surface area contributed by atoms with Crippen LogP contribution in [-0.4, -0.2) is 25.3 Å². The Hall–Kier alpha value is -0.670. The van der Waals surface area contributed by atoms with Crippen molar-refractivity contribution in [2.45, 2.75) is 44.3 Å². The molecule has 90 valence electrons. The summed E-state index contributed by atoms with van der Waals surface area (Å²) in [5, 5.41) is 0. The van der Waals surface area contributed by atoms with E-state index in [0.29, 0.717) is 19.6 Å². The summed E-state index contributed by atoms with van der Waals surface area (Å²) in [6, 6.07) is 0. The molecule has 0 aromatic carbocycles. The summed E-state index contributed by atoms with van der Waals surface area (Å²) in [4.78, 5) is 11.6. The van der Waals surface area contributed by atoms with Crippen LogP contribution in [0.15, 0.2) is 12.7 Å². The van der Waals surface area contributed by atoms with Gasteiger partial charge in [0.25, 0.3) is 0 Å². The van der Waals surface area contributed by atoms with Crippen LogP contribution in [-0.2, 0) is 14.3 Å². The van der Waals surface area contributed by atoms with Crippen molar-refractivity contribution in [3.05, 3.63) is 12.7 Å². The van der Waals surface area contributed by atoms with Crippen molar-refractivity contribution in [1.82, 2.24) is 0 Å². The van der Waals surface area contributed by atoms with E-state index < -0.39 is 11.2 Å². The van der Waals surface area contributed by atoms with E-state index in [0.717, 1.165) is 38.4 Å². The van der Waals surface area contributed by atoms with E-state index in [1.807, 2.05) is 6.08 Å². The topological polar surface area (TPSA) is 35.5 Å². The summed E-state index contributed by atoms with van der Waals surface area (Å²) in [5.74, 6) is -0.667. The van der Waals surface area contributed by atoms with Crippen molar-refractivity contribution < 1.29 is 14.3 Å². The summed E-state index contributed by atoms with van der Waals surface area (Å²) in [7, 11) is 0. The van der Waals surface area contributed by atoms with Gasteiger partial charge in [-0.2, -0.15) is 0 Å². The molecule has 3 heteroatoms. The lowest BCUT2D eigenvalue weighted by atomic mass is 9.74. The highest BCUT2D eigenvalue weighted by molar-refractivity contribution is 5.62. The zero-order chi connectivity index (χ0) is 11.5. The largest absolute Gasteiger partial charge is 0.346 e. The van der Waals surface area contributed by atoms with Gasteiger partial charge < -0.3 is 14.3 Å². The number of hydrogen-bond acceptors (Lipinski definition) is 3. The fraction of sp³-hybridized carbons (Fsp3) is 0.769. The van der Waals surface area contributed by atoms with Gasteiger partial charge in [0.2, 0.25) is 0 Å². The number of carbonyl (C=O) groups is 1. The maximum absolute atomic E-state index is 11.6. The SMILES string of the molecule is C=CCC1(C=O)CCCCCC12OCCO2. The minimum Gasteiger partial charge on any atom is -0.346 e. The molecule has 0 bridgehead atoms. The number of carbonyl (C=O) groups excluding carboxylic acids is 1. The molecular formula is C13H20O3. The molecule has 1 aliphatic heterocycles. The van der Waals surface area contributed by atoms with Gasteiger partial charge in [-0.1, -0.05) is 18.9 Å². The average molecular weight is 224 g/mol. The fourth-order valence-corrected chi connectivity index (χ4v) is 3.01. The van der Waals surface area contributed by atoms with E-state index in [1.54, 1.807) is 0 Å². The first kappa shape index (κ1) is 11.8. The van der Waals surface area contributed by atoms with Crippen LogP contribution in [0.1, 0.15) is 38.5 Å². The summed E-state index contributed by atoms with van der Waals surface area (Å²) in [6.07, 6.45) is 8.49. The van der Waals surface area contributed by atoms with Gasteiger partial charge in [0.15, 0.2) is 5.79 Å². The van der Waals surface area contributed by atoms with Gasteiger partial charge in [-0.3, -0.25) is 0 Å². The van der Waals surface area contributed by atoms with Crippen molar-refractivity contribution in [2.24, 2.45) is 5.41 Å². The standard InChI is InChI=1S/C13H20O3/c1-2-6-12(11-14)7-4-3-5-8-13(12)15-9-10-16-13/h2,11H,1,3-10H2. The molecule has 1 aliphatic carbocycles. The van der Waals surface area contributed by atoms with Gasteiger partial charge in [-0.05, 0) is 19.3 Å². The summed E-state index contributed by atoms with van der Waals surface area (Å²) >= 11 is 0. The molecule has 0 radical (unpaired) electrons. The minimum atomic E-state index is -0.667. The van der Waals surface area contributed by atoms with Crippen molar-refractivity contribution in [2.75, 3.05) is 13.2 Å². The smallest absolute Gasteiger partial charge is 0.180 e. The van der Waals surface area contributed by atoms with Crippen molar-refractivity contribution in [3.8, 4) is 0 Å². The third-order valence-corrected chi connectivity index (χ3v) is 3.88. The Bertz CT molecular complexity index is 268. The molecule has 1 spiro atoms. The fourth-order valence-electron chi connectivity index (χ4n) is 3.01. The molecule has 1 heterocycles. The summed E-state index contributed by atoms with van der Waals surface area (Å²) in [5.41, 5.74) is -0.512. The van der Waals surface area contributed by atoms with Crippen molar-refractivity contribution in [1.29, 1.82) is 0 Å². The zero-order valence-electron chi connectivity index (χ0n) is 9.74. The molecule has 0 aromatic heterocycles. The Labute approximate surface area is 96.8 Å². The van der Waals surface area contributed by atoms with E-state index in [-0.39, 0.29) is 0 Å². The van der Waals surface area contributed by atoms with Crippen LogP contribution in [0, 0.1) is 5.41 Å². The molecule has 0 aromatic rings. The highest BCUT2D eigenvalue weighted by Crippen LogP contribution is 2.49. The van der Waals surface area contributed by atoms with E-state index in [1.165, 1.54) is 0 Å². The number of aldehydes is 1. The van der Waals surface area contributed by atoms with Crippen LogP contribution in [0.3, 0.4) is 0 Å². The second-order valence-electron chi connectivity index (χ2n) is 4.78. The minimum absolute atomic E-state index is 0.512. The van der Waals surface area contributed by atoms with Crippen molar-refractivity contribution >= 4 is 6.29 Å². The van der Waals surface area contributed by atoms with E-state index in [9.17, 15) is 4.79 Å². The molecule has 1 atom stereocenters. The lowest BCUT2D eigenvalue weighted by Gasteiger charge is -2.41. The number of rotatable bonds is 3. The third-order valence-electron chi connectivity index (χ3n) is 3.88.